The van der Waals surface area contributed by atoms with Crippen LogP contribution in [-0.2, 0) is 4.74 Å². The zero-order valence-electron chi connectivity index (χ0n) is 11.9. The number of anilines is 1. The summed E-state index contributed by atoms with van der Waals surface area (Å²) in [6.07, 6.45) is 2.37. The number of nitrogens with zero attached hydrogens (tertiary/aromatic N) is 3. The van der Waals surface area contributed by atoms with Crippen molar-refractivity contribution in [3.8, 4) is 0 Å². The SMILES string of the molecule is COCCN(CC(C)C)c1cc(Cl)nc(C2CC2)n1. The van der Waals surface area contributed by atoms with Gasteiger partial charge in [0.2, 0.25) is 0 Å². The van der Waals surface area contributed by atoms with E-state index in [1.807, 2.05) is 6.07 Å². The molecular weight excluding hydrogens is 262 g/mol. The first kappa shape index (κ1) is 14.5. The van der Waals surface area contributed by atoms with Gasteiger partial charge in [0, 0.05) is 32.2 Å². The number of ether oxygens (including phenoxy) is 1. The predicted octanol–water partition coefficient (Wildman–Crippen LogP) is 3.12. The topological polar surface area (TPSA) is 38.2 Å². The summed E-state index contributed by atoms with van der Waals surface area (Å²) in [5.74, 6) is 2.90. The van der Waals surface area contributed by atoms with E-state index < -0.39 is 0 Å². The van der Waals surface area contributed by atoms with Crippen LogP contribution in [0.1, 0.15) is 38.4 Å². The van der Waals surface area contributed by atoms with Gasteiger partial charge in [0.25, 0.3) is 0 Å². The zero-order valence-corrected chi connectivity index (χ0v) is 12.7. The van der Waals surface area contributed by atoms with Crippen molar-refractivity contribution in [2.75, 3.05) is 31.7 Å². The van der Waals surface area contributed by atoms with Crippen molar-refractivity contribution >= 4 is 17.4 Å². The van der Waals surface area contributed by atoms with Crippen LogP contribution in [0, 0.1) is 5.92 Å². The number of hydrogen-bond acceptors (Lipinski definition) is 4. The standard InChI is InChI=1S/C14H22ClN3O/c1-10(2)9-18(6-7-19-3)13-8-12(15)16-14(17-13)11-4-5-11/h8,10-11H,4-7,9H2,1-3H3. The molecule has 1 aliphatic carbocycles. The van der Waals surface area contributed by atoms with Gasteiger partial charge in [-0.05, 0) is 18.8 Å². The van der Waals surface area contributed by atoms with Gasteiger partial charge in [-0.25, -0.2) is 9.97 Å². The average molecular weight is 284 g/mol. The molecule has 0 amide bonds. The van der Waals surface area contributed by atoms with Crippen molar-refractivity contribution in [1.29, 1.82) is 0 Å². The van der Waals surface area contributed by atoms with E-state index in [9.17, 15) is 0 Å². The number of hydrogen-bond donors (Lipinski definition) is 0. The third-order valence-electron chi connectivity index (χ3n) is 3.12. The molecule has 0 spiro atoms. The van der Waals surface area contributed by atoms with Gasteiger partial charge in [-0.2, -0.15) is 0 Å². The van der Waals surface area contributed by atoms with Crippen LogP contribution in [0.3, 0.4) is 0 Å². The van der Waals surface area contributed by atoms with Crippen LogP contribution in [0.4, 0.5) is 5.82 Å². The summed E-state index contributed by atoms with van der Waals surface area (Å²) in [5.41, 5.74) is 0. The van der Waals surface area contributed by atoms with E-state index in [0.717, 1.165) is 24.7 Å². The highest BCUT2D eigenvalue weighted by Gasteiger charge is 2.27. The maximum atomic E-state index is 6.13. The van der Waals surface area contributed by atoms with Crippen molar-refractivity contribution in [3.63, 3.8) is 0 Å². The van der Waals surface area contributed by atoms with Gasteiger partial charge in [0.15, 0.2) is 0 Å². The lowest BCUT2D eigenvalue weighted by Gasteiger charge is -2.25. The highest BCUT2D eigenvalue weighted by atomic mass is 35.5. The normalized spacial score (nSPS) is 15.0. The molecule has 0 aromatic carbocycles. The molecule has 1 saturated carbocycles. The van der Waals surface area contributed by atoms with Crippen LogP contribution in [0.5, 0.6) is 0 Å². The van der Waals surface area contributed by atoms with Crippen LogP contribution in [-0.4, -0.2) is 36.8 Å². The smallest absolute Gasteiger partial charge is 0.135 e. The molecule has 1 aliphatic rings. The van der Waals surface area contributed by atoms with E-state index in [4.69, 9.17) is 16.3 Å². The second kappa shape index (κ2) is 6.53. The lowest BCUT2D eigenvalue weighted by molar-refractivity contribution is 0.204. The Balaban J connectivity index is 2.18. The van der Waals surface area contributed by atoms with E-state index in [-0.39, 0.29) is 0 Å². The molecule has 1 heterocycles. The molecule has 0 bridgehead atoms. The molecule has 0 saturated heterocycles. The van der Waals surface area contributed by atoms with Crippen LogP contribution in [0.2, 0.25) is 5.15 Å². The highest BCUT2D eigenvalue weighted by molar-refractivity contribution is 6.29. The van der Waals surface area contributed by atoms with Gasteiger partial charge in [-0.15, -0.1) is 0 Å². The van der Waals surface area contributed by atoms with Gasteiger partial charge in [-0.1, -0.05) is 25.4 Å². The second-order valence-electron chi connectivity index (χ2n) is 5.51. The van der Waals surface area contributed by atoms with Crippen LogP contribution in [0.25, 0.3) is 0 Å². The van der Waals surface area contributed by atoms with Gasteiger partial charge in [0.05, 0.1) is 6.61 Å². The van der Waals surface area contributed by atoms with Crippen LogP contribution in [0.15, 0.2) is 6.07 Å². The first-order valence-corrected chi connectivity index (χ1v) is 7.26. The maximum absolute atomic E-state index is 6.13. The van der Waals surface area contributed by atoms with E-state index in [1.54, 1.807) is 7.11 Å². The molecule has 0 radical (unpaired) electrons. The van der Waals surface area contributed by atoms with E-state index >= 15 is 0 Å². The van der Waals surface area contributed by atoms with E-state index in [1.165, 1.54) is 12.8 Å². The van der Waals surface area contributed by atoms with Gasteiger partial charge in [0.1, 0.15) is 16.8 Å². The van der Waals surface area contributed by atoms with Gasteiger partial charge < -0.3 is 9.64 Å². The van der Waals surface area contributed by atoms with Crippen LogP contribution >= 0.6 is 11.6 Å². The Labute approximate surface area is 120 Å². The molecule has 4 nitrogen and oxygen atoms in total. The summed E-state index contributed by atoms with van der Waals surface area (Å²) in [4.78, 5) is 11.2. The summed E-state index contributed by atoms with van der Waals surface area (Å²) >= 11 is 6.13. The van der Waals surface area contributed by atoms with Gasteiger partial charge in [-0.3, -0.25) is 0 Å². The predicted molar refractivity (Wildman–Crippen MR) is 77.9 cm³/mol. The quantitative estimate of drug-likeness (QED) is 0.721. The van der Waals surface area contributed by atoms with Gasteiger partial charge >= 0.3 is 0 Å². The summed E-state index contributed by atoms with van der Waals surface area (Å²) < 4.78 is 5.18. The molecule has 0 atom stereocenters. The average Bonchev–Trinajstić information content (AvgIpc) is 3.17. The molecule has 0 unspecified atom stereocenters. The molecule has 0 N–H and O–H groups in total. The Kier molecular flexibility index (Phi) is 4.99. The highest BCUT2D eigenvalue weighted by Crippen LogP contribution is 2.39. The van der Waals surface area contributed by atoms with Crippen molar-refractivity contribution in [1.82, 2.24) is 9.97 Å². The molecule has 106 valence electrons. The minimum absolute atomic E-state index is 0.515. The monoisotopic (exact) mass is 283 g/mol. The van der Waals surface area contributed by atoms with Crippen molar-refractivity contribution in [3.05, 3.63) is 17.0 Å². The Morgan fingerprint density at radius 2 is 2.16 bits per heavy atom. The summed E-state index contributed by atoms with van der Waals surface area (Å²) in [5, 5.41) is 0.540. The molecule has 5 heteroatoms. The first-order valence-electron chi connectivity index (χ1n) is 6.88. The fraction of sp³-hybridized carbons (Fsp3) is 0.714. The van der Waals surface area contributed by atoms with E-state index in [2.05, 4.69) is 28.7 Å². The second-order valence-corrected chi connectivity index (χ2v) is 5.90. The molecule has 19 heavy (non-hydrogen) atoms. The van der Waals surface area contributed by atoms with Crippen LogP contribution < -0.4 is 4.90 Å². The molecule has 2 rings (SSSR count). The van der Waals surface area contributed by atoms with Crippen molar-refractivity contribution < 1.29 is 4.74 Å². The Hall–Kier alpha value is -0.870. The summed E-state index contributed by atoms with van der Waals surface area (Å²) in [7, 11) is 1.72. The number of aromatic nitrogens is 2. The minimum atomic E-state index is 0.515. The zero-order chi connectivity index (χ0) is 13.8. The Morgan fingerprint density at radius 3 is 2.74 bits per heavy atom. The lowest BCUT2D eigenvalue weighted by atomic mass is 10.2. The third kappa shape index (κ3) is 4.32. The molecular formula is C14H22ClN3O. The molecule has 0 aliphatic heterocycles. The third-order valence-corrected chi connectivity index (χ3v) is 3.31. The number of methoxy groups -OCH3 is 1. The minimum Gasteiger partial charge on any atom is -0.383 e. The first-order chi connectivity index (χ1) is 9.10. The number of rotatable bonds is 7. The van der Waals surface area contributed by atoms with Crippen molar-refractivity contribution in [2.24, 2.45) is 5.92 Å². The molecule has 1 aromatic rings. The largest absolute Gasteiger partial charge is 0.383 e. The van der Waals surface area contributed by atoms with E-state index in [0.29, 0.717) is 23.6 Å². The Bertz CT molecular complexity index is 421. The molecule has 1 aromatic heterocycles. The fourth-order valence-electron chi connectivity index (χ4n) is 2.05. The fourth-order valence-corrected chi connectivity index (χ4v) is 2.23. The lowest BCUT2D eigenvalue weighted by Crippen LogP contribution is -2.32. The maximum Gasteiger partial charge on any atom is 0.135 e. The Morgan fingerprint density at radius 1 is 1.42 bits per heavy atom. The molecule has 1 fully saturated rings. The summed E-state index contributed by atoms with van der Waals surface area (Å²) in [6.45, 7) is 6.86. The van der Waals surface area contributed by atoms with Crippen molar-refractivity contribution in [2.45, 2.75) is 32.6 Å². The summed E-state index contributed by atoms with van der Waals surface area (Å²) in [6, 6.07) is 1.85. The number of halogens is 1.